The van der Waals surface area contributed by atoms with Gasteiger partial charge in [0.1, 0.15) is 0 Å². The second-order valence-corrected chi connectivity index (χ2v) is 6.17. The van der Waals surface area contributed by atoms with Gasteiger partial charge < -0.3 is 10.4 Å². The summed E-state index contributed by atoms with van der Waals surface area (Å²) >= 11 is 0. The van der Waals surface area contributed by atoms with Crippen LogP contribution in [-0.4, -0.2) is 5.11 Å². The zero-order valence-corrected chi connectivity index (χ0v) is 13.3. The molecule has 0 saturated carbocycles. The van der Waals surface area contributed by atoms with Crippen molar-refractivity contribution >= 4 is 11.4 Å². The summed E-state index contributed by atoms with van der Waals surface area (Å²) in [7, 11) is 0. The maximum Gasteiger partial charge on any atom is 0.0961 e. The van der Waals surface area contributed by atoms with Crippen LogP contribution >= 0.6 is 0 Å². The third-order valence-corrected chi connectivity index (χ3v) is 4.17. The van der Waals surface area contributed by atoms with Gasteiger partial charge in [-0.05, 0) is 30.0 Å². The Bertz CT molecular complexity index is 567. The number of anilines is 2. The van der Waals surface area contributed by atoms with Crippen molar-refractivity contribution in [2.75, 3.05) is 5.32 Å². The van der Waals surface area contributed by atoms with Gasteiger partial charge >= 0.3 is 0 Å². The molecule has 2 rings (SSSR count). The van der Waals surface area contributed by atoms with Crippen LogP contribution in [0.1, 0.15) is 33.3 Å². The van der Waals surface area contributed by atoms with Crippen LogP contribution in [0.3, 0.4) is 0 Å². The van der Waals surface area contributed by atoms with E-state index in [1.807, 2.05) is 54.6 Å². The molecule has 0 aliphatic heterocycles. The summed E-state index contributed by atoms with van der Waals surface area (Å²) in [6, 6.07) is 18.1. The van der Waals surface area contributed by atoms with Crippen LogP contribution in [-0.2, 0) is 5.60 Å². The van der Waals surface area contributed by atoms with E-state index in [4.69, 9.17) is 0 Å². The standard InChI is InChI=1S/C19H25NO/c1-14(2)19(21,15(3)4)17-12-8-9-13-18(17)20-16-10-6-5-7-11-16/h5-15,20-21H,1-4H3. The quantitative estimate of drug-likeness (QED) is 0.815. The van der Waals surface area contributed by atoms with Gasteiger partial charge in [-0.3, -0.25) is 0 Å². The summed E-state index contributed by atoms with van der Waals surface area (Å²) in [6.07, 6.45) is 0. The molecule has 0 spiro atoms. The van der Waals surface area contributed by atoms with E-state index in [2.05, 4.69) is 33.0 Å². The van der Waals surface area contributed by atoms with E-state index in [9.17, 15) is 5.11 Å². The lowest BCUT2D eigenvalue weighted by Crippen LogP contribution is -2.38. The van der Waals surface area contributed by atoms with Gasteiger partial charge in [0.15, 0.2) is 0 Å². The third kappa shape index (κ3) is 3.11. The monoisotopic (exact) mass is 283 g/mol. The van der Waals surface area contributed by atoms with Crippen molar-refractivity contribution in [3.8, 4) is 0 Å². The van der Waals surface area contributed by atoms with Crippen molar-refractivity contribution in [2.24, 2.45) is 11.8 Å². The minimum absolute atomic E-state index is 0.135. The average molecular weight is 283 g/mol. The summed E-state index contributed by atoms with van der Waals surface area (Å²) in [6.45, 7) is 8.27. The Hall–Kier alpha value is -1.80. The van der Waals surface area contributed by atoms with E-state index in [1.54, 1.807) is 0 Å². The molecule has 0 aliphatic carbocycles. The van der Waals surface area contributed by atoms with Crippen molar-refractivity contribution in [3.05, 3.63) is 60.2 Å². The third-order valence-electron chi connectivity index (χ3n) is 4.17. The van der Waals surface area contributed by atoms with Crippen molar-refractivity contribution in [1.82, 2.24) is 0 Å². The number of hydrogen-bond donors (Lipinski definition) is 2. The topological polar surface area (TPSA) is 32.3 Å². The lowest BCUT2D eigenvalue weighted by molar-refractivity contribution is -0.0524. The lowest BCUT2D eigenvalue weighted by atomic mass is 9.74. The molecule has 2 aromatic rings. The molecule has 0 fully saturated rings. The Morgan fingerprint density at radius 2 is 1.33 bits per heavy atom. The molecule has 0 amide bonds. The highest BCUT2D eigenvalue weighted by Crippen LogP contribution is 2.41. The zero-order chi connectivity index (χ0) is 15.5. The maximum absolute atomic E-state index is 11.3. The molecule has 0 bridgehead atoms. The Labute approximate surface area is 127 Å². The molecule has 0 saturated heterocycles. The van der Waals surface area contributed by atoms with Gasteiger partial charge in [0, 0.05) is 16.9 Å². The first kappa shape index (κ1) is 15.6. The molecular weight excluding hydrogens is 258 g/mol. The second-order valence-electron chi connectivity index (χ2n) is 6.17. The highest BCUT2D eigenvalue weighted by atomic mass is 16.3. The largest absolute Gasteiger partial charge is 0.385 e. The first-order valence-corrected chi connectivity index (χ1v) is 7.60. The van der Waals surface area contributed by atoms with Gasteiger partial charge in [-0.1, -0.05) is 64.1 Å². The van der Waals surface area contributed by atoms with Crippen LogP contribution in [0.15, 0.2) is 54.6 Å². The molecular formula is C19H25NO. The molecule has 21 heavy (non-hydrogen) atoms. The van der Waals surface area contributed by atoms with Gasteiger partial charge in [0.25, 0.3) is 0 Å². The number of rotatable bonds is 5. The summed E-state index contributed by atoms with van der Waals surface area (Å²) in [5, 5.41) is 14.7. The molecule has 2 heteroatoms. The Morgan fingerprint density at radius 3 is 1.90 bits per heavy atom. The van der Waals surface area contributed by atoms with Gasteiger partial charge in [-0.2, -0.15) is 0 Å². The number of nitrogens with one attached hydrogen (secondary N) is 1. The summed E-state index contributed by atoms with van der Waals surface area (Å²) in [4.78, 5) is 0. The molecule has 2 aromatic carbocycles. The Kier molecular flexibility index (Phi) is 4.69. The second kappa shape index (κ2) is 6.31. The first-order valence-electron chi connectivity index (χ1n) is 7.60. The van der Waals surface area contributed by atoms with E-state index >= 15 is 0 Å². The minimum atomic E-state index is -0.849. The molecule has 0 atom stereocenters. The molecule has 2 N–H and O–H groups in total. The van der Waals surface area contributed by atoms with E-state index in [-0.39, 0.29) is 11.8 Å². The normalized spacial score (nSPS) is 12.0. The highest BCUT2D eigenvalue weighted by molar-refractivity contribution is 5.64. The lowest BCUT2D eigenvalue weighted by Gasteiger charge is -2.38. The molecule has 0 aliphatic rings. The summed E-state index contributed by atoms with van der Waals surface area (Å²) in [5.74, 6) is 0.271. The average Bonchev–Trinajstić information content (AvgIpc) is 2.47. The number of para-hydroxylation sites is 2. The molecule has 0 unspecified atom stereocenters. The van der Waals surface area contributed by atoms with Gasteiger partial charge in [-0.15, -0.1) is 0 Å². The van der Waals surface area contributed by atoms with Crippen molar-refractivity contribution < 1.29 is 5.11 Å². The first-order chi connectivity index (χ1) is 9.96. The van der Waals surface area contributed by atoms with Crippen molar-refractivity contribution in [2.45, 2.75) is 33.3 Å². The molecule has 0 heterocycles. The Morgan fingerprint density at radius 1 is 0.810 bits per heavy atom. The molecule has 112 valence electrons. The van der Waals surface area contributed by atoms with E-state index in [0.717, 1.165) is 16.9 Å². The van der Waals surface area contributed by atoms with Crippen LogP contribution in [0.2, 0.25) is 0 Å². The van der Waals surface area contributed by atoms with Gasteiger partial charge in [0.05, 0.1) is 5.60 Å². The van der Waals surface area contributed by atoms with Crippen LogP contribution in [0, 0.1) is 11.8 Å². The summed E-state index contributed by atoms with van der Waals surface area (Å²) in [5.41, 5.74) is 2.10. The summed E-state index contributed by atoms with van der Waals surface area (Å²) < 4.78 is 0. The molecule has 0 radical (unpaired) electrons. The minimum Gasteiger partial charge on any atom is -0.385 e. The highest BCUT2D eigenvalue weighted by Gasteiger charge is 2.38. The van der Waals surface area contributed by atoms with Crippen molar-refractivity contribution in [3.63, 3.8) is 0 Å². The number of benzene rings is 2. The number of hydrogen-bond acceptors (Lipinski definition) is 2. The van der Waals surface area contributed by atoms with Crippen LogP contribution < -0.4 is 5.32 Å². The molecule has 0 aromatic heterocycles. The van der Waals surface area contributed by atoms with E-state index in [1.165, 1.54) is 0 Å². The van der Waals surface area contributed by atoms with Crippen LogP contribution in [0.4, 0.5) is 11.4 Å². The van der Waals surface area contributed by atoms with E-state index in [0.29, 0.717) is 0 Å². The van der Waals surface area contributed by atoms with Gasteiger partial charge in [-0.25, -0.2) is 0 Å². The SMILES string of the molecule is CC(C)C(O)(c1ccccc1Nc1ccccc1)C(C)C. The predicted octanol–water partition coefficient (Wildman–Crippen LogP) is 4.93. The van der Waals surface area contributed by atoms with Crippen LogP contribution in [0.5, 0.6) is 0 Å². The fourth-order valence-corrected chi connectivity index (χ4v) is 2.91. The van der Waals surface area contributed by atoms with Gasteiger partial charge in [0.2, 0.25) is 0 Å². The van der Waals surface area contributed by atoms with Crippen LogP contribution in [0.25, 0.3) is 0 Å². The Balaban J connectivity index is 2.45. The smallest absolute Gasteiger partial charge is 0.0961 e. The van der Waals surface area contributed by atoms with Crippen molar-refractivity contribution in [1.29, 1.82) is 0 Å². The maximum atomic E-state index is 11.3. The zero-order valence-electron chi connectivity index (χ0n) is 13.3. The fourth-order valence-electron chi connectivity index (χ4n) is 2.91. The predicted molar refractivity (Wildman–Crippen MR) is 89.7 cm³/mol. The fraction of sp³-hybridized carbons (Fsp3) is 0.368. The number of aliphatic hydroxyl groups is 1. The molecule has 2 nitrogen and oxygen atoms in total. The van der Waals surface area contributed by atoms with E-state index < -0.39 is 5.60 Å².